The fraction of sp³-hybridized carbons (Fsp3) is 0.521. The molecule has 0 bridgehead atoms. The van der Waals surface area contributed by atoms with Crippen LogP contribution in [0.15, 0.2) is 91.0 Å². The van der Waals surface area contributed by atoms with Crippen LogP contribution in [0.5, 0.6) is 11.5 Å². The first-order valence-corrected chi connectivity index (χ1v) is 28.9. The summed E-state index contributed by atoms with van der Waals surface area (Å²) in [7, 11) is -0.731. The summed E-state index contributed by atoms with van der Waals surface area (Å²) in [6, 6.07) is 28.4. The molecule has 7 N–H and O–H groups in total. The summed E-state index contributed by atoms with van der Waals surface area (Å²) in [5.41, 5.74) is 0.929. The summed E-state index contributed by atoms with van der Waals surface area (Å²) < 4.78 is 27.3. The molecule has 370 valence electrons. The maximum atomic E-state index is 14.9. The van der Waals surface area contributed by atoms with Gasteiger partial charge in [-0.15, -0.1) is 0 Å². The standard InChI is InChI=1S/C48H67N8O8PS3/c57-42(22-11-10-21-41-48-40(34-66-41)54-35-55-48)50-26-29-68-67-28-24-44(59)49-25-12-23-43(58)51-32-45(60)52-33-47(61)56-27-13-16-37(56)31-53-46(30-36-14-4-1-5-15-36)65(62,63-38-17-6-2-7-18-38)64-39-19-8-3-9-20-39/h1-9,14-15,17-20,37,40-41,46,48,53-55H,10-13,16,21-35H2,(H,49,59)(H,50,57)(H,51,58)(H,52,60). The van der Waals surface area contributed by atoms with Gasteiger partial charge in [-0.25, -0.2) is 4.57 Å². The number of rotatable bonds is 30. The number of benzene rings is 3. The van der Waals surface area contributed by atoms with Gasteiger partial charge in [0.05, 0.1) is 13.1 Å². The van der Waals surface area contributed by atoms with Crippen molar-refractivity contribution in [1.82, 2.24) is 42.1 Å². The molecule has 68 heavy (non-hydrogen) atoms. The Bertz CT molecular complexity index is 2040. The third-order valence-electron chi connectivity index (χ3n) is 11.8. The molecule has 0 radical (unpaired) electrons. The van der Waals surface area contributed by atoms with E-state index in [-0.39, 0.29) is 49.2 Å². The maximum absolute atomic E-state index is 14.9. The minimum Gasteiger partial charge on any atom is -0.415 e. The van der Waals surface area contributed by atoms with E-state index in [1.165, 1.54) is 0 Å². The van der Waals surface area contributed by atoms with Crippen molar-refractivity contribution in [3.63, 3.8) is 0 Å². The van der Waals surface area contributed by atoms with Crippen molar-refractivity contribution in [3.8, 4) is 11.5 Å². The zero-order valence-corrected chi connectivity index (χ0v) is 41.9. The van der Waals surface area contributed by atoms with E-state index in [4.69, 9.17) is 9.05 Å². The van der Waals surface area contributed by atoms with Gasteiger partial charge in [-0.05, 0) is 61.9 Å². The Morgan fingerprint density at radius 1 is 0.721 bits per heavy atom. The number of nitrogens with zero attached hydrogens (tertiary/aromatic N) is 1. The van der Waals surface area contributed by atoms with Gasteiger partial charge in [0, 0.05) is 99.2 Å². The molecule has 3 aromatic carbocycles. The Morgan fingerprint density at radius 3 is 2.09 bits per heavy atom. The molecule has 3 aromatic rings. The molecular weight excluding hydrogens is 944 g/mol. The maximum Gasteiger partial charge on any atom is 0.447 e. The lowest BCUT2D eigenvalue weighted by molar-refractivity contribution is -0.133. The van der Waals surface area contributed by atoms with E-state index in [9.17, 15) is 28.5 Å². The van der Waals surface area contributed by atoms with Gasteiger partial charge in [0.25, 0.3) is 0 Å². The Labute approximate surface area is 412 Å². The van der Waals surface area contributed by atoms with Crippen molar-refractivity contribution in [3.05, 3.63) is 96.6 Å². The molecule has 20 heteroatoms. The first-order valence-electron chi connectivity index (χ1n) is 23.7. The molecule has 3 fully saturated rings. The molecule has 3 heterocycles. The first-order chi connectivity index (χ1) is 33.1. The van der Waals surface area contributed by atoms with E-state index in [2.05, 4.69) is 37.2 Å². The van der Waals surface area contributed by atoms with E-state index < -0.39 is 19.3 Å². The fourth-order valence-electron chi connectivity index (χ4n) is 8.28. The molecule has 3 aliphatic heterocycles. The number of hydrogen-bond acceptors (Lipinski definition) is 14. The number of nitrogens with one attached hydrogen (secondary N) is 7. The van der Waals surface area contributed by atoms with E-state index in [0.29, 0.717) is 92.9 Å². The summed E-state index contributed by atoms with van der Waals surface area (Å²) >= 11 is 2.03. The zero-order chi connectivity index (χ0) is 47.8. The monoisotopic (exact) mass is 1010 g/mol. The van der Waals surface area contributed by atoms with Crippen molar-refractivity contribution >= 4 is 70.5 Å². The summed E-state index contributed by atoms with van der Waals surface area (Å²) in [6.07, 6.45) is 6.37. The number of likely N-dealkylation sites (tertiary alicyclic amines) is 1. The van der Waals surface area contributed by atoms with Crippen LogP contribution in [0, 0.1) is 0 Å². The van der Waals surface area contributed by atoms with E-state index in [1.807, 2.05) is 54.2 Å². The zero-order valence-electron chi connectivity index (χ0n) is 38.6. The lowest BCUT2D eigenvalue weighted by Crippen LogP contribution is -2.49. The van der Waals surface area contributed by atoms with Gasteiger partial charge >= 0.3 is 7.60 Å². The average Bonchev–Trinajstić information content (AvgIpc) is 4.12. The topological polar surface area (TPSA) is 208 Å². The van der Waals surface area contributed by atoms with Crippen molar-refractivity contribution in [2.45, 2.75) is 93.4 Å². The second-order valence-electron chi connectivity index (χ2n) is 16.9. The van der Waals surface area contributed by atoms with Crippen LogP contribution in [0.25, 0.3) is 0 Å². The number of amides is 5. The summed E-state index contributed by atoms with van der Waals surface area (Å²) in [5.74, 6) is 1.50. The Kier molecular flexibility index (Phi) is 22.7. The highest BCUT2D eigenvalue weighted by atomic mass is 33.1. The lowest BCUT2D eigenvalue weighted by Gasteiger charge is -2.31. The van der Waals surface area contributed by atoms with Crippen LogP contribution in [0.4, 0.5) is 0 Å². The molecular formula is C48H67N8O8PS3. The van der Waals surface area contributed by atoms with Gasteiger partial charge < -0.3 is 35.2 Å². The fourth-order valence-corrected chi connectivity index (χ4v) is 13.7. The van der Waals surface area contributed by atoms with Crippen molar-refractivity contribution in [2.24, 2.45) is 0 Å². The second-order valence-corrected chi connectivity index (χ2v) is 23.0. The van der Waals surface area contributed by atoms with Crippen molar-refractivity contribution < 1.29 is 37.6 Å². The number of thioether (sulfide) groups is 1. The average molecular weight is 1010 g/mol. The van der Waals surface area contributed by atoms with Gasteiger partial charge in [-0.3, -0.25) is 39.9 Å². The predicted octanol–water partition coefficient (Wildman–Crippen LogP) is 5.07. The number of para-hydroxylation sites is 2. The quantitative estimate of drug-likeness (QED) is 0.0265. The smallest absolute Gasteiger partial charge is 0.415 e. The van der Waals surface area contributed by atoms with Crippen LogP contribution in [-0.4, -0.2) is 127 Å². The normalized spacial score (nSPS) is 19.1. The molecule has 3 saturated heterocycles. The van der Waals surface area contributed by atoms with E-state index >= 15 is 0 Å². The predicted molar refractivity (Wildman–Crippen MR) is 273 cm³/mol. The number of fused-ring (bicyclic) bond motifs is 1. The van der Waals surface area contributed by atoms with E-state index in [0.717, 1.165) is 49.4 Å². The van der Waals surface area contributed by atoms with Crippen LogP contribution < -0.4 is 46.3 Å². The lowest BCUT2D eigenvalue weighted by atomic mass is 10.0. The minimum atomic E-state index is -3.95. The van der Waals surface area contributed by atoms with Crippen LogP contribution in [-0.2, 0) is 35.0 Å². The molecule has 16 nitrogen and oxygen atoms in total. The van der Waals surface area contributed by atoms with Gasteiger partial charge in [-0.2, -0.15) is 11.8 Å². The highest BCUT2D eigenvalue weighted by Gasteiger charge is 2.41. The summed E-state index contributed by atoms with van der Waals surface area (Å²) in [6.45, 7) is 2.14. The molecule has 6 rings (SSSR count). The molecule has 0 saturated carbocycles. The summed E-state index contributed by atoms with van der Waals surface area (Å²) in [5, 5.41) is 22.2. The Balaban J connectivity index is 0.810. The Morgan fingerprint density at radius 2 is 1.35 bits per heavy atom. The molecule has 0 spiro atoms. The van der Waals surface area contributed by atoms with Crippen LogP contribution in [0.2, 0.25) is 0 Å². The largest absolute Gasteiger partial charge is 0.447 e. The van der Waals surface area contributed by atoms with Crippen LogP contribution in [0.1, 0.15) is 63.4 Å². The number of hydrogen-bond donors (Lipinski definition) is 7. The SMILES string of the molecule is O=C(CCCCC1SCC2NCNC21)NCCSSCCC(=O)NCCCC(=O)NCC(=O)NCC(=O)N1CCCC1CNC(Cc1ccccc1)P(=O)(Oc1ccccc1)Oc1ccccc1. The highest BCUT2D eigenvalue weighted by molar-refractivity contribution is 8.76. The molecule has 0 aliphatic carbocycles. The summed E-state index contributed by atoms with van der Waals surface area (Å²) in [4.78, 5) is 64.7. The van der Waals surface area contributed by atoms with Gasteiger partial charge in [-0.1, -0.05) is 94.7 Å². The number of carbonyl (C=O) groups is 5. The van der Waals surface area contributed by atoms with Crippen molar-refractivity contribution in [1.29, 1.82) is 0 Å². The molecule has 5 atom stereocenters. The van der Waals surface area contributed by atoms with E-state index in [1.54, 1.807) is 75.0 Å². The molecule has 5 amide bonds. The highest BCUT2D eigenvalue weighted by Crippen LogP contribution is 2.53. The van der Waals surface area contributed by atoms with Gasteiger partial charge in [0.2, 0.25) is 29.5 Å². The van der Waals surface area contributed by atoms with Gasteiger partial charge in [0.1, 0.15) is 17.3 Å². The second kappa shape index (κ2) is 29.1. The third kappa shape index (κ3) is 18.3. The third-order valence-corrected chi connectivity index (χ3v) is 17.8. The Hall–Kier alpha value is -4.23. The molecule has 0 aromatic heterocycles. The van der Waals surface area contributed by atoms with Gasteiger partial charge in [0.15, 0.2) is 0 Å². The number of carbonyl (C=O) groups excluding carboxylic acids is 5. The first kappa shape index (κ1) is 53.1. The molecule has 3 aliphatic rings. The van der Waals surface area contributed by atoms with Crippen molar-refractivity contribution in [2.75, 3.05) is 63.2 Å². The van der Waals surface area contributed by atoms with Crippen LogP contribution >= 0.6 is 40.9 Å². The minimum absolute atomic E-state index is 0.0933. The van der Waals surface area contributed by atoms with Crippen LogP contribution in [0.3, 0.4) is 0 Å². The number of unbranched alkanes of at least 4 members (excludes halogenated alkanes) is 1. The molecule has 5 unspecified atom stereocenters.